The van der Waals surface area contributed by atoms with Crippen LogP contribution in [0.3, 0.4) is 0 Å². The number of ether oxygens (including phenoxy) is 2. The zero-order valence-corrected chi connectivity index (χ0v) is 12.4. The topological polar surface area (TPSA) is 73.6 Å². The van der Waals surface area contributed by atoms with Gasteiger partial charge in [0.2, 0.25) is 0 Å². The lowest BCUT2D eigenvalue weighted by Gasteiger charge is -2.22. The van der Waals surface area contributed by atoms with Gasteiger partial charge in [-0.15, -0.1) is 0 Å². The maximum atomic E-state index is 10.8. The van der Waals surface area contributed by atoms with Crippen LogP contribution in [0.5, 0.6) is 0 Å². The highest BCUT2D eigenvalue weighted by atomic mass is 16.6. The summed E-state index contributed by atoms with van der Waals surface area (Å²) in [7, 11) is 3.34. The first-order chi connectivity index (χ1) is 9.39. The SMILES string of the molecule is CNc1cc(COCCC(C)(C)OC)ccc1[N+](=O)[O-]. The van der Waals surface area contributed by atoms with Crippen molar-refractivity contribution in [3.63, 3.8) is 0 Å². The minimum atomic E-state index is -0.405. The molecule has 6 heteroatoms. The number of anilines is 1. The van der Waals surface area contributed by atoms with Crippen molar-refractivity contribution in [2.24, 2.45) is 0 Å². The fourth-order valence-electron chi connectivity index (χ4n) is 1.64. The van der Waals surface area contributed by atoms with Crippen molar-refractivity contribution in [3.05, 3.63) is 33.9 Å². The number of nitro benzene ring substituents is 1. The predicted octanol–water partition coefficient (Wildman–Crippen LogP) is 2.97. The van der Waals surface area contributed by atoms with Crippen LogP contribution in [0.15, 0.2) is 18.2 Å². The fraction of sp³-hybridized carbons (Fsp3) is 0.571. The van der Waals surface area contributed by atoms with Gasteiger partial charge < -0.3 is 14.8 Å². The van der Waals surface area contributed by atoms with E-state index in [2.05, 4.69) is 5.32 Å². The minimum absolute atomic E-state index is 0.0665. The highest BCUT2D eigenvalue weighted by Gasteiger charge is 2.16. The van der Waals surface area contributed by atoms with E-state index in [1.54, 1.807) is 26.3 Å². The van der Waals surface area contributed by atoms with Gasteiger partial charge in [0.1, 0.15) is 5.69 Å². The summed E-state index contributed by atoms with van der Waals surface area (Å²) in [6.07, 6.45) is 0.787. The lowest BCUT2D eigenvalue weighted by Crippen LogP contribution is -2.24. The first-order valence-electron chi connectivity index (χ1n) is 6.47. The van der Waals surface area contributed by atoms with E-state index < -0.39 is 4.92 Å². The normalized spacial score (nSPS) is 11.4. The maximum Gasteiger partial charge on any atom is 0.292 e. The first kappa shape index (κ1) is 16.4. The number of hydrogen-bond acceptors (Lipinski definition) is 5. The minimum Gasteiger partial charge on any atom is -0.383 e. The van der Waals surface area contributed by atoms with Crippen LogP contribution in [0.1, 0.15) is 25.8 Å². The molecule has 0 unspecified atom stereocenters. The molecule has 0 aliphatic carbocycles. The van der Waals surface area contributed by atoms with Crippen molar-refractivity contribution in [2.45, 2.75) is 32.5 Å². The van der Waals surface area contributed by atoms with Gasteiger partial charge in [-0.3, -0.25) is 10.1 Å². The Kier molecular flexibility index (Phi) is 5.91. The summed E-state index contributed by atoms with van der Waals surface area (Å²) >= 11 is 0. The van der Waals surface area contributed by atoms with E-state index in [9.17, 15) is 10.1 Å². The Hall–Kier alpha value is -1.66. The first-order valence-corrected chi connectivity index (χ1v) is 6.47. The van der Waals surface area contributed by atoms with Crippen LogP contribution in [-0.4, -0.2) is 31.3 Å². The largest absolute Gasteiger partial charge is 0.383 e. The molecule has 0 radical (unpaired) electrons. The number of hydrogen-bond donors (Lipinski definition) is 1. The molecule has 0 aromatic heterocycles. The summed E-state index contributed by atoms with van der Waals surface area (Å²) in [4.78, 5) is 10.4. The summed E-state index contributed by atoms with van der Waals surface area (Å²) in [6.45, 7) is 5.00. The average molecular weight is 282 g/mol. The molecule has 0 aliphatic heterocycles. The van der Waals surface area contributed by atoms with Gasteiger partial charge in [-0.25, -0.2) is 0 Å². The molecule has 1 aromatic carbocycles. The van der Waals surface area contributed by atoms with Gasteiger partial charge in [-0.05, 0) is 38.0 Å². The second-order valence-corrected chi connectivity index (χ2v) is 5.13. The Morgan fingerprint density at radius 2 is 2.10 bits per heavy atom. The number of nitrogens with one attached hydrogen (secondary N) is 1. The highest BCUT2D eigenvalue weighted by Crippen LogP contribution is 2.25. The summed E-state index contributed by atoms with van der Waals surface area (Å²) in [5.74, 6) is 0. The number of rotatable bonds is 8. The highest BCUT2D eigenvalue weighted by molar-refractivity contribution is 5.62. The number of benzene rings is 1. The molecule has 0 saturated carbocycles. The molecule has 0 atom stereocenters. The molecule has 1 aromatic rings. The van der Waals surface area contributed by atoms with E-state index in [0.29, 0.717) is 18.9 Å². The van der Waals surface area contributed by atoms with Crippen LogP contribution in [0.4, 0.5) is 11.4 Å². The molecule has 0 spiro atoms. The van der Waals surface area contributed by atoms with E-state index in [1.807, 2.05) is 13.8 Å². The van der Waals surface area contributed by atoms with Gasteiger partial charge in [0.05, 0.1) is 17.1 Å². The van der Waals surface area contributed by atoms with E-state index in [-0.39, 0.29) is 11.3 Å². The molecule has 20 heavy (non-hydrogen) atoms. The van der Waals surface area contributed by atoms with Crippen molar-refractivity contribution in [3.8, 4) is 0 Å². The van der Waals surface area contributed by atoms with Crippen molar-refractivity contribution in [2.75, 3.05) is 26.1 Å². The zero-order chi connectivity index (χ0) is 15.2. The number of nitrogens with zero attached hydrogens (tertiary/aromatic N) is 1. The number of methoxy groups -OCH3 is 1. The van der Waals surface area contributed by atoms with Crippen molar-refractivity contribution in [1.82, 2.24) is 0 Å². The lowest BCUT2D eigenvalue weighted by atomic mass is 10.1. The molecule has 0 heterocycles. The van der Waals surface area contributed by atoms with Crippen molar-refractivity contribution in [1.29, 1.82) is 0 Å². The predicted molar refractivity (Wildman–Crippen MR) is 78.0 cm³/mol. The van der Waals surface area contributed by atoms with Crippen LogP contribution < -0.4 is 5.32 Å². The summed E-state index contributed by atoms with van der Waals surface area (Å²) in [5, 5.41) is 13.6. The molecule has 6 nitrogen and oxygen atoms in total. The van der Waals surface area contributed by atoms with Crippen LogP contribution in [0.2, 0.25) is 0 Å². The third-order valence-electron chi connectivity index (χ3n) is 3.20. The quantitative estimate of drug-likeness (QED) is 0.451. The summed E-state index contributed by atoms with van der Waals surface area (Å²) in [5.41, 5.74) is 1.26. The third kappa shape index (κ3) is 4.79. The van der Waals surface area contributed by atoms with Gasteiger partial charge >= 0.3 is 0 Å². The molecule has 0 amide bonds. The van der Waals surface area contributed by atoms with Gasteiger partial charge in [-0.1, -0.05) is 0 Å². The van der Waals surface area contributed by atoms with Crippen LogP contribution in [-0.2, 0) is 16.1 Å². The molecular weight excluding hydrogens is 260 g/mol. The van der Waals surface area contributed by atoms with Crippen LogP contribution >= 0.6 is 0 Å². The Balaban J connectivity index is 2.55. The second-order valence-electron chi connectivity index (χ2n) is 5.13. The summed E-state index contributed by atoms with van der Waals surface area (Å²) in [6, 6.07) is 4.93. The monoisotopic (exact) mass is 282 g/mol. The van der Waals surface area contributed by atoms with Crippen molar-refractivity contribution >= 4 is 11.4 Å². The molecule has 0 fully saturated rings. The Morgan fingerprint density at radius 3 is 2.65 bits per heavy atom. The standard InChI is InChI=1S/C14H22N2O4/c1-14(2,19-4)7-8-20-10-11-5-6-13(16(17)18)12(9-11)15-3/h5-6,9,15H,7-8,10H2,1-4H3. The molecule has 1 N–H and O–H groups in total. The molecule has 0 bridgehead atoms. The van der Waals surface area contributed by atoms with E-state index in [1.165, 1.54) is 6.07 Å². The van der Waals surface area contributed by atoms with Crippen LogP contribution in [0, 0.1) is 10.1 Å². The fourth-order valence-corrected chi connectivity index (χ4v) is 1.64. The average Bonchev–Trinajstić information content (AvgIpc) is 2.43. The maximum absolute atomic E-state index is 10.8. The smallest absolute Gasteiger partial charge is 0.292 e. The molecule has 112 valence electrons. The summed E-state index contributed by atoms with van der Waals surface area (Å²) < 4.78 is 10.9. The van der Waals surface area contributed by atoms with E-state index in [4.69, 9.17) is 9.47 Å². The van der Waals surface area contributed by atoms with Crippen molar-refractivity contribution < 1.29 is 14.4 Å². The van der Waals surface area contributed by atoms with Gasteiger partial charge in [0, 0.05) is 26.8 Å². The molecule has 0 aliphatic rings. The molecule has 1 rings (SSSR count). The second kappa shape index (κ2) is 7.21. The Morgan fingerprint density at radius 1 is 1.40 bits per heavy atom. The Bertz CT molecular complexity index is 460. The van der Waals surface area contributed by atoms with Crippen LogP contribution in [0.25, 0.3) is 0 Å². The number of nitro groups is 1. The Labute approximate surface area is 119 Å². The van der Waals surface area contributed by atoms with E-state index >= 15 is 0 Å². The van der Waals surface area contributed by atoms with Gasteiger partial charge in [-0.2, -0.15) is 0 Å². The molecule has 0 saturated heterocycles. The third-order valence-corrected chi connectivity index (χ3v) is 3.20. The van der Waals surface area contributed by atoms with Gasteiger partial charge in [0.25, 0.3) is 5.69 Å². The lowest BCUT2D eigenvalue weighted by molar-refractivity contribution is -0.384. The van der Waals surface area contributed by atoms with Gasteiger partial charge in [0.15, 0.2) is 0 Å². The zero-order valence-electron chi connectivity index (χ0n) is 12.4. The molecular formula is C14H22N2O4. The van der Waals surface area contributed by atoms with E-state index in [0.717, 1.165) is 12.0 Å².